The minimum atomic E-state index is 0.382. The molecule has 0 aromatic rings. The number of rotatable bonds is 4. The summed E-state index contributed by atoms with van der Waals surface area (Å²) in [5, 5.41) is 9.19. The van der Waals surface area contributed by atoms with Gasteiger partial charge in [-0.2, -0.15) is 0 Å². The largest absolute Gasteiger partial charge is 0.396 e. The maximum absolute atomic E-state index is 9.19. The van der Waals surface area contributed by atoms with Gasteiger partial charge in [0.2, 0.25) is 0 Å². The van der Waals surface area contributed by atoms with Crippen molar-refractivity contribution in [3.8, 4) is 0 Å². The Morgan fingerprint density at radius 1 is 1.31 bits per heavy atom. The molecule has 1 atom stereocenters. The van der Waals surface area contributed by atoms with Gasteiger partial charge < -0.3 is 10.0 Å². The Bertz CT molecular complexity index is 126. The van der Waals surface area contributed by atoms with E-state index >= 15 is 0 Å². The fraction of sp³-hybridized carbons (Fsp3) is 1.00. The monoisotopic (exact) mass is 185 g/mol. The number of hydrogen-bond donors (Lipinski definition) is 1. The van der Waals surface area contributed by atoms with Crippen LogP contribution in [-0.2, 0) is 0 Å². The van der Waals surface area contributed by atoms with Crippen LogP contribution in [-0.4, -0.2) is 36.2 Å². The van der Waals surface area contributed by atoms with Gasteiger partial charge in [0.15, 0.2) is 0 Å². The second-order valence-corrected chi connectivity index (χ2v) is 4.12. The number of piperidine rings is 1. The molecule has 78 valence electrons. The summed E-state index contributed by atoms with van der Waals surface area (Å²) in [6.07, 6.45) is 3.70. The number of likely N-dealkylation sites (tertiary alicyclic amines) is 1. The lowest BCUT2D eigenvalue weighted by Crippen LogP contribution is -2.36. The van der Waals surface area contributed by atoms with E-state index in [-0.39, 0.29) is 0 Å². The Kier molecular flexibility index (Phi) is 4.74. The van der Waals surface area contributed by atoms with E-state index in [1.807, 2.05) is 0 Å². The first-order valence-corrected chi connectivity index (χ1v) is 5.65. The van der Waals surface area contributed by atoms with Gasteiger partial charge in [-0.05, 0) is 44.3 Å². The highest BCUT2D eigenvalue weighted by molar-refractivity contribution is 4.76. The molecule has 1 rings (SSSR count). The molecule has 0 bridgehead atoms. The first-order chi connectivity index (χ1) is 6.31. The molecule has 1 fully saturated rings. The van der Waals surface area contributed by atoms with Crippen molar-refractivity contribution in [3.63, 3.8) is 0 Å². The molecule has 1 heterocycles. The maximum Gasteiger partial charge on any atom is 0.0461 e. The van der Waals surface area contributed by atoms with E-state index in [0.717, 1.165) is 12.3 Å². The zero-order chi connectivity index (χ0) is 9.68. The highest BCUT2D eigenvalue weighted by atomic mass is 16.3. The van der Waals surface area contributed by atoms with E-state index in [4.69, 9.17) is 0 Å². The fourth-order valence-corrected chi connectivity index (χ4v) is 2.35. The van der Waals surface area contributed by atoms with Crippen LogP contribution in [0.3, 0.4) is 0 Å². The van der Waals surface area contributed by atoms with Crippen LogP contribution in [0.5, 0.6) is 0 Å². The minimum absolute atomic E-state index is 0.382. The van der Waals surface area contributed by atoms with E-state index in [1.165, 1.54) is 32.5 Å². The van der Waals surface area contributed by atoms with Crippen molar-refractivity contribution >= 4 is 0 Å². The van der Waals surface area contributed by atoms with Crippen molar-refractivity contribution in [2.24, 2.45) is 11.8 Å². The van der Waals surface area contributed by atoms with Crippen molar-refractivity contribution in [1.82, 2.24) is 4.90 Å². The maximum atomic E-state index is 9.19. The minimum Gasteiger partial charge on any atom is -0.396 e. The topological polar surface area (TPSA) is 23.5 Å². The van der Waals surface area contributed by atoms with Crippen LogP contribution in [0.2, 0.25) is 0 Å². The SMILES string of the molecule is CCC(CO)C1CCN(CC)CC1. The van der Waals surface area contributed by atoms with Crippen LogP contribution >= 0.6 is 0 Å². The number of aliphatic hydroxyl groups excluding tert-OH is 1. The Morgan fingerprint density at radius 2 is 1.92 bits per heavy atom. The molecular weight excluding hydrogens is 162 g/mol. The summed E-state index contributed by atoms with van der Waals surface area (Å²) in [7, 11) is 0. The van der Waals surface area contributed by atoms with E-state index in [2.05, 4.69) is 18.7 Å². The van der Waals surface area contributed by atoms with E-state index in [0.29, 0.717) is 12.5 Å². The summed E-state index contributed by atoms with van der Waals surface area (Å²) in [6, 6.07) is 0. The van der Waals surface area contributed by atoms with Gasteiger partial charge in [-0.15, -0.1) is 0 Å². The highest BCUT2D eigenvalue weighted by Crippen LogP contribution is 2.26. The summed E-state index contributed by atoms with van der Waals surface area (Å²) in [5.74, 6) is 1.33. The number of hydrogen-bond acceptors (Lipinski definition) is 2. The van der Waals surface area contributed by atoms with Gasteiger partial charge in [0.25, 0.3) is 0 Å². The third-order valence-electron chi connectivity index (χ3n) is 3.51. The molecule has 2 heteroatoms. The van der Waals surface area contributed by atoms with Crippen molar-refractivity contribution in [1.29, 1.82) is 0 Å². The molecule has 13 heavy (non-hydrogen) atoms. The molecule has 2 nitrogen and oxygen atoms in total. The van der Waals surface area contributed by atoms with Crippen molar-refractivity contribution < 1.29 is 5.11 Å². The smallest absolute Gasteiger partial charge is 0.0461 e. The van der Waals surface area contributed by atoms with Crippen LogP contribution < -0.4 is 0 Å². The molecule has 1 N–H and O–H groups in total. The van der Waals surface area contributed by atoms with Crippen molar-refractivity contribution in [3.05, 3.63) is 0 Å². The second kappa shape index (κ2) is 5.61. The standard InChI is InChI=1S/C11H23NO/c1-3-10(9-13)11-5-7-12(4-2)8-6-11/h10-11,13H,3-9H2,1-2H3. The molecular formula is C11H23NO. The lowest BCUT2D eigenvalue weighted by molar-refractivity contribution is 0.107. The van der Waals surface area contributed by atoms with Crippen LogP contribution in [0, 0.1) is 11.8 Å². The zero-order valence-corrected chi connectivity index (χ0v) is 9.00. The predicted molar refractivity (Wildman–Crippen MR) is 55.7 cm³/mol. The normalized spacial score (nSPS) is 23.3. The van der Waals surface area contributed by atoms with Gasteiger partial charge in [-0.1, -0.05) is 20.3 Å². The Balaban J connectivity index is 2.30. The molecule has 0 amide bonds. The Labute approximate surface area is 81.9 Å². The zero-order valence-electron chi connectivity index (χ0n) is 9.00. The quantitative estimate of drug-likeness (QED) is 0.721. The molecule has 0 aromatic carbocycles. The second-order valence-electron chi connectivity index (χ2n) is 4.12. The molecule has 0 spiro atoms. The summed E-state index contributed by atoms with van der Waals surface area (Å²) < 4.78 is 0. The lowest BCUT2D eigenvalue weighted by Gasteiger charge is -2.34. The van der Waals surface area contributed by atoms with E-state index in [1.54, 1.807) is 0 Å². The molecule has 1 aliphatic heterocycles. The van der Waals surface area contributed by atoms with Crippen LogP contribution in [0.4, 0.5) is 0 Å². The Hall–Kier alpha value is -0.0800. The van der Waals surface area contributed by atoms with Gasteiger partial charge in [-0.3, -0.25) is 0 Å². The summed E-state index contributed by atoms with van der Waals surface area (Å²) in [6.45, 7) is 8.45. The van der Waals surface area contributed by atoms with Gasteiger partial charge >= 0.3 is 0 Å². The van der Waals surface area contributed by atoms with Gasteiger partial charge in [0.1, 0.15) is 0 Å². The first kappa shape index (κ1) is 11.0. The predicted octanol–water partition coefficient (Wildman–Crippen LogP) is 1.74. The van der Waals surface area contributed by atoms with Crippen LogP contribution in [0.1, 0.15) is 33.1 Å². The number of nitrogens with zero attached hydrogens (tertiary/aromatic N) is 1. The molecule has 0 saturated carbocycles. The Morgan fingerprint density at radius 3 is 2.31 bits per heavy atom. The molecule has 0 radical (unpaired) electrons. The lowest BCUT2D eigenvalue weighted by atomic mass is 9.83. The molecule has 1 unspecified atom stereocenters. The van der Waals surface area contributed by atoms with Gasteiger partial charge in [-0.25, -0.2) is 0 Å². The molecule has 1 aliphatic rings. The first-order valence-electron chi connectivity index (χ1n) is 5.65. The summed E-state index contributed by atoms with van der Waals surface area (Å²) in [4.78, 5) is 2.50. The summed E-state index contributed by atoms with van der Waals surface area (Å²) in [5.41, 5.74) is 0. The average molecular weight is 185 g/mol. The molecule has 0 aromatic heterocycles. The van der Waals surface area contributed by atoms with Gasteiger partial charge in [0, 0.05) is 6.61 Å². The fourth-order valence-electron chi connectivity index (χ4n) is 2.35. The summed E-state index contributed by atoms with van der Waals surface area (Å²) >= 11 is 0. The number of aliphatic hydroxyl groups is 1. The highest BCUT2D eigenvalue weighted by Gasteiger charge is 2.23. The molecule has 0 aliphatic carbocycles. The van der Waals surface area contributed by atoms with Crippen molar-refractivity contribution in [2.75, 3.05) is 26.2 Å². The third kappa shape index (κ3) is 2.96. The van der Waals surface area contributed by atoms with Crippen molar-refractivity contribution in [2.45, 2.75) is 33.1 Å². The van der Waals surface area contributed by atoms with E-state index in [9.17, 15) is 5.11 Å². The third-order valence-corrected chi connectivity index (χ3v) is 3.51. The van der Waals surface area contributed by atoms with E-state index < -0.39 is 0 Å². The molecule has 1 saturated heterocycles. The van der Waals surface area contributed by atoms with Crippen LogP contribution in [0.15, 0.2) is 0 Å². The van der Waals surface area contributed by atoms with Crippen LogP contribution in [0.25, 0.3) is 0 Å². The average Bonchev–Trinajstić information content (AvgIpc) is 2.21. The van der Waals surface area contributed by atoms with Gasteiger partial charge in [0.05, 0.1) is 0 Å².